The fourth-order valence-corrected chi connectivity index (χ4v) is 3.92. The molecule has 4 aromatic rings. The number of hydrogen-bond acceptors (Lipinski definition) is 3. The molecule has 0 saturated carbocycles. The summed E-state index contributed by atoms with van der Waals surface area (Å²) >= 11 is 0. The van der Waals surface area contributed by atoms with Crippen LogP contribution in [0.5, 0.6) is 0 Å². The van der Waals surface area contributed by atoms with Crippen molar-refractivity contribution in [1.82, 2.24) is 9.97 Å². The van der Waals surface area contributed by atoms with Gasteiger partial charge >= 0.3 is 5.97 Å². The van der Waals surface area contributed by atoms with Crippen molar-refractivity contribution in [2.45, 2.75) is 32.6 Å². The molecule has 0 spiro atoms. The largest absolute Gasteiger partial charge is 0.477 e. The highest BCUT2D eigenvalue weighted by atomic mass is 16.4. The minimum Gasteiger partial charge on any atom is -0.477 e. The van der Waals surface area contributed by atoms with Crippen molar-refractivity contribution in [1.29, 1.82) is 0 Å². The Morgan fingerprint density at radius 1 is 0.893 bits per heavy atom. The molecule has 1 aliphatic rings. The molecule has 1 heterocycles. The van der Waals surface area contributed by atoms with E-state index in [0.29, 0.717) is 5.82 Å². The highest BCUT2D eigenvalue weighted by Gasteiger charge is 2.13. The summed E-state index contributed by atoms with van der Waals surface area (Å²) in [6.45, 7) is 1.65. The molecule has 5 rings (SSSR count). The second-order valence-corrected chi connectivity index (χ2v) is 7.09. The van der Waals surface area contributed by atoms with Gasteiger partial charge in [-0.25, -0.2) is 14.8 Å². The first-order valence-electron chi connectivity index (χ1n) is 9.58. The number of carboxylic acid groups (broad SMARTS) is 1. The van der Waals surface area contributed by atoms with Crippen molar-refractivity contribution in [2.24, 2.45) is 0 Å². The van der Waals surface area contributed by atoms with Crippen LogP contribution in [0.15, 0.2) is 60.8 Å². The molecule has 28 heavy (non-hydrogen) atoms. The average Bonchev–Trinajstić information content (AvgIpc) is 2.73. The van der Waals surface area contributed by atoms with Crippen LogP contribution in [-0.2, 0) is 12.8 Å². The quantitative estimate of drug-likeness (QED) is 0.459. The van der Waals surface area contributed by atoms with Gasteiger partial charge in [-0.2, -0.15) is 0 Å². The molecule has 0 atom stereocenters. The van der Waals surface area contributed by atoms with Crippen LogP contribution in [0.3, 0.4) is 0 Å². The molecule has 0 fully saturated rings. The third-order valence-corrected chi connectivity index (χ3v) is 5.25. The topological polar surface area (TPSA) is 63.1 Å². The molecule has 1 aliphatic carbocycles. The number of rotatable bonds is 1. The molecule has 0 radical (unpaired) electrons. The number of benzene rings is 3. The van der Waals surface area contributed by atoms with Crippen LogP contribution in [0.25, 0.3) is 21.5 Å². The second-order valence-electron chi connectivity index (χ2n) is 7.09. The fourth-order valence-electron chi connectivity index (χ4n) is 3.92. The fraction of sp³-hybridized carbons (Fsp3) is 0.208. The first kappa shape index (κ1) is 18.1. The van der Waals surface area contributed by atoms with E-state index in [1.165, 1.54) is 59.5 Å². The van der Waals surface area contributed by atoms with Crippen LogP contribution in [0, 0.1) is 6.92 Å². The van der Waals surface area contributed by atoms with E-state index in [1.54, 1.807) is 18.1 Å². The van der Waals surface area contributed by atoms with Crippen molar-refractivity contribution in [3.63, 3.8) is 0 Å². The Hall–Kier alpha value is -3.27. The summed E-state index contributed by atoms with van der Waals surface area (Å²) in [5, 5.41) is 14.1. The first-order valence-corrected chi connectivity index (χ1v) is 9.58. The number of fused-ring (bicyclic) bond motifs is 5. The lowest BCUT2D eigenvalue weighted by atomic mass is 9.86. The van der Waals surface area contributed by atoms with Gasteiger partial charge < -0.3 is 5.11 Å². The molecule has 0 aliphatic heterocycles. The standard InChI is InChI=1S/C18H16.C6H6N2O2/c1-3-7-15-13(5-1)9-11-18-16-8-4-2-6-14(16)10-12-17(15)18;1-4-7-3-2-5(8-4)6(9)10/h1,3,5,7,9-12H,2,4,6,8H2;2-3H,1H3,(H,9,10). The van der Waals surface area contributed by atoms with Gasteiger partial charge in [-0.15, -0.1) is 0 Å². The van der Waals surface area contributed by atoms with Gasteiger partial charge in [0, 0.05) is 6.20 Å². The third-order valence-electron chi connectivity index (χ3n) is 5.25. The Balaban J connectivity index is 0.000000165. The SMILES string of the molecule is Cc1nccc(C(=O)O)n1.c1ccc2c(c1)ccc1c3c(ccc12)CCCC3. The summed E-state index contributed by atoms with van der Waals surface area (Å²) in [5.74, 6) is -0.551. The molecular formula is C24H22N2O2. The number of hydrogen-bond donors (Lipinski definition) is 1. The van der Waals surface area contributed by atoms with Gasteiger partial charge in [-0.1, -0.05) is 48.5 Å². The summed E-state index contributed by atoms with van der Waals surface area (Å²) in [6, 6.07) is 19.3. The second kappa shape index (κ2) is 7.77. The minimum atomic E-state index is -1.02. The van der Waals surface area contributed by atoms with Gasteiger partial charge in [-0.05, 0) is 71.3 Å². The Kier molecular flexibility index (Phi) is 5.02. The Morgan fingerprint density at radius 3 is 2.46 bits per heavy atom. The minimum absolute atomic E-state index is 0.0347. The molecule has 0 saturated heterocycles. The molecule has 0 amide bonds. The monoisotopic (exact) mass is 370 g/mol. The van der Waals surface area contributed by atoms with E-state index in [4.69, 9.17) is 5.11 Å². The summed E-state index contributed by atoms with van der Waals surface area (Å²) in [6.07, 6.45) is 6.64. The summed E-state index contributed by atoms with van der Waals surface area (Å²) in [4.78, 5) is 17.7. The predicted octanol–water partition coefficient (Wildman–Crippen LogP) is 5.36. The van der Waals surface area contributed by atoms with Gasteiger partial charge in [0.25, 0.3) is 0 Å². The molecule has 0 bridgehead atoms. The zero-order valence-electron chi connectivity index (χ0n) is 15.9. The zero-order valence-corrected chi connectivity index (χ0v) is 15.9. The molecule has 3 aromatic carbocycles. The van der Waals surface area contributed by atoms with Crippen LogP contribution < -0.4 is 0 Å². The maximum Gasteiger partial charge on any atom is 0.354 e. The molecule has 140 valence electrons. The van der Waals surface area contributed by atoms with Crippen molar-refractivity contribution in [2.75, 3.05) is 0 Å². The Labute approximate surface area is 163 Å². The Morgan fingerprint density at radius 2 is 1.68 bits per heavy atom. The molecule has 4 heteroatoms. The normalized spacial score (nSPS) is 12.9. The van der Waals surface area contributed by atoms with Crippen LogP contribution in [0.2, 0.25) is 0 Å². The highest BCUT2D eigenvalue weighted by molar-refractivity contribution is 6.08. The first-order chi connectivity index (χ1) is 13.6. The van der Waals surface area contributed by atoms with Gasteiger partial charge in [0.1, 0.15) is 5.82 Å². The summed E-state index contributed by atoms with van der Waals surface area (Å²) in [7, 11) is 0. The molecule has 0 unspecified atom stereocenters. The number of aryl methyl sites for hydroxylation is 3. The summed E-state index contributed by atoms with van der Waals surface area (Å²) in [5.41, 5.74) is 3.21. The lowest BCUT2D eigenvalue weighted by Gasteiger charge is -2.18. The third kappa shape index (κ3) is 3.58. The molecule has 1 aromatic heterocycles. The van der Waals surface area contributed by atoms with Crippen molar-refractivity contribution in [3.05, 3.63) is 83.4 Å². The van der Waals surface area contributed by atoms with E-state index in [1.807, 2.05) is 0 Å². The van der Waals surface area contributed by atoms with Crippen LogP contribution >= 0.6 is 0 Å². The number of aromatic nitrogens is 2. The number of carboxylic acids is 1. The number of carbonyl (C=O) groups is 1. The lowest BCUT2D eigenvalue weighted by Crippen LogP contribution is -2.02. The van der Waals surface area contributed by atoms with Crippen LogP contribution in [0.1, 0.15) is 40.3 Å². The van der Waals surface area contributed by atoms with E-state index < -0.39 is 5.97 Å². The maximum atomic E-state index is 10.3. The van der Waals surface area contributed by atoms with Gasteiger partial charge in [0.05, 0.1) is 0 Å². The van der Waals surface area contributed by atoms with Crippen molar-refractivity contribution >= 4 is 27.5 Å². The van der Waals surface area contributed by atoms with Crippen molar-refractivity contribution < 1.29 is 9.90 Å². The van der Waals surface area contributed by atoms with E-state index in [2.05, 4.69) is 58.5 Å². The van der Waals surface area contributed by atoms with Crippen LogP contribution in [0.4, 0.5) is 0 Å². The van der Waals surface area contributed by atoms with Gasteiger partial charge in [-0.3, -0.25) is 0 Å². The van der Waals surface area contributed by atoms with Gasteiger partial charge in [0.15, 0.2) is 5.69 Å². The van der Waals surface area contributed by atoms with Gasteiger partial charge in [0.2, 0.25) is 0 Å². The number of aromatic carboxylic acids is 1. The summed E-state index contributed by atoms with van der Waals surface area (Å²) < 4.78 is 0. The van der Waals surface area contributed by atoms with Crippen LogP contribution in [-0.4, -0.2) is 21.0 Å². The van der Waals surface area contributed by atoms with Crippen molar-refractivity contribution in [3.8, 4) is 0 Å². The smallest absolute Gasteiger partial charge is 0.354 e. The van der Waals surface area contributed by atoms with E-state index in [-0.39, 0.29) is 5.69 Å². The maximum absolute atomic E-state index is 10.3. The Bertz CT molecular complexity index is 1170. The van der Waals surface area contributed by atoms with E-state index in [0.717, 1.165) is 0 Å². The zero-order chi connectivity index (χ0) is 19.5. The van der Waals surface area contributed by atoms with E-state index >= 15 is 0 Å². The lowest BCUT2D eigenvalue weighted by molar-refractivity contribution is 0.0690. The number of nitrogens with zero attached hydrogens (tertiary/aromatic N) is 2. The van der Waals surface area contributed by atoms with E-state index in [9.17, 15) is 4.79 Å². The highest BCUT2D eigenvalue weighted by Crippen LogP contribution is 2.33. The molecule has 4 nitrogen and oxygen atoms in total. The molecular weight excluding hydrogens is 348 g/mol. The average molecular weight is 370 g/mol. The predicted molar refractivity (Wildman–Crippen MR) is 112 cm³/mol. The molecule has 1 N–H and O–H groups in total.